The van der Waals surface area contributed by atoms with Crippen LogP contribution in [0.25, 0.3) is 0 Å². The highest BCUT2D eigenvalue weighted by Crippen LogP contribution is 2.27. The Labute approximate surface area is 76.4 Å². The third-order valence-corrected chi connectivity index (χ3v) is 5.03. The second kappa shape index (κ2) is 3.63. The van der Waals surface area contributed by atoms with Gasteiger partial charge in [0.25, 0.3) is 0 Å². The molecule has 1 saturated heterocycles. The molecule has 1 aliphatic heterocycles. The topological polar surface area (TPSA) is 3.24 Å². The molecule has 1 aliphatic rings. The lowest BCUT2D eigenvalue weighted by atomic mass is 10.2. The van der Waals surface area contributed by atoms with Gasteiger partial charge in [0.1, 0.15) is 0 Å². The summed E-state index contributed by atoms with van der Waals surface area (Å²) in [5.74, 6) is 0. The zero-order valence-electron chi connectivity index (χ0n) is 5.62. The number of rotatable bonds is 1. The van der Waals surface area contributed by atoms with E-state index in [4.69, 9.17) is 33.2 Å². The summed E-state index contributed by atoms with van der Waals surface area (Å²) < 4.78 is 2.02. The maximum atomic E-state index is 5.81. The molecule has 0 radical (unpaired) electrons. The number of nitrogens with zero attached hydrogens (tertiary/aromatic N) is 1. The molecular weight excluding hydrogens is 209 g/mol. The Bertz CT molecular complexity index is 108. The van der Waals surface area contributed by atoms with Crippen LogP contribution in [0, 0.1) is 0 Å². The smallest absolute Gasteiger partial charge is 0.288 e. The molecule has 0 aromatic rings. The van der Waals surface area contributed by atoms with E-state index in [9.17, 15) is 0 Å². The molecule has 60 valence electrons. The van der Waals surface area contributed by atoms with Gasteiger partial charge in [-0.05, 0) is 25.9 Å². The molecule has 1 rings (SSSR count). The van der Waals surface area contributed by atoms with Gasteiger partial charge < -0.3 is 0 Å². The van der Waals surface area contributed by atoms with Gasteiger partial charge in [0.05, 0.1) is 0 Å². The van der Waals surface area contributed by atoms with Crippen LogP contribution in [0.4, 0.5) is 0 Å². The van der Waals surface area contributed by atoms with Gasteiger partial charge >= 0.3 is 6.16 Å². The van der Waals surface area contributed by atoms with Gasteiger partial charge in [-0.1, -0.05) is 6.42 Å². The second-order valence-corrected chi connectivity index (χ2v) is 10.7. The Balaban J connectivity index is 2.39. The van der Waals surface area contributed by atoms with E-state index in [1.54, 1.807) is 0 Å². The van der Waals surface area contributed by atoms with Crippen LogP contribution in [-0.2, 0) is 0 Å². The molecule has 0 atom stereocenters. The molecule has 1 nitrogen and oxygen atoms in total. The molecule has 1 heterocycles. The molecule has 1 fully saturated rings. The number of hydrogen-bond donors (Lipinski definition) is 0. The van der Waals surface area contributed by atoms with Crippen LogP contribution in [0.3, 0.4) is 0 Å². The summed E-state index contributed by atoms with van der Waals surface area (Å²) in [6, 6.07) is 0. The normalized spacial score (nSPS) is 23.1. The first-order valence-corrected chi connectivity index (χ1v) is 8.41. The van der Waals surface area contributed by atoms with E-state index in [1.165, 1.54) is 19.3 Å². The van der Waals surface area contributed by atoms with Gasteiger partial charge in [-0.3, -0.25) is 4.57 Å². The zero-order valence-corrected chi connectivity index (χ0v) is 8.88. The van der Waals surface area contributed by atoms with Crippen molar-refractivity contribution < 1.29 is 0 Å². The van der Waals surface area contributed by atoms with Crippen molar-refractivity contribution in [1.29, 1.82) is 0 Å². The molecule has 5 heteroatoms. The lowest BCUT2D eigenvalue weighted by molar-refractivity contribution is 0.359. The van der Waals surface area contributed by atoms with Crippen LogP contribution in [-0.4, -0.2) is 23.8 Å². The molecule has 0 saturated carbocycles. The van der Waals surface area contributed by atoms with E-state index in [0.717, 1.165) is 13.1 Å². The molecule has 0 aromatic heterocycles. The first kappa shape index (κ1) is 9.14. The Morgan fingerprint density at radius 3 is 1.70 bits per heavy atom. The molecule has 0 unspecified atom stereocenters. The van der Waals surface area contributed by atoms with Crippen molar-refractivity contribution in [2.75, 3.05) is 13.1 Å². The van der Waals surface area contributed by atoms with Gasteiger partial charge in [-0.2, -0.15) is 0 Å². The highest BCUT2D eigenvalue weighted by molar-refractivity contribution is 7.63. The summed E-state index contributed by atoms with van der Waals surface area (Å²) in [5, 5.41) is 0. The third-order valence-electron chi connectivity index (χ3n) is 1.71. The lowest BCUT2D eigenvalue weighted by Gasteiger charge is -2.30. The van der Waals surface area contributed by atoms with E-state index in [0.29, 0.717) is 0 Å². The van der Waals surface area contributed by atoms with Gasteiger partial charge in [-0.25, -0.2) is 0 Å². The molecule has 0 amide bonds. The first-order chi connectivity index (χ1) is 4.61. The van der Waals surface area contributed by atoms with Crippen molar-refractivity contribution in [1.82, 2.24) is 4.57 Å². The van der Waals surface area contributed by atoms with Crippen molar-refractivity contribution in [3.05, 3.63) is 0 Å². The van der Waals surface area contributed by atoms with E-state index in [2.05, 4.69) is 0 Å². The van der Waals surface area contributed by atoms with Crippen LogP contribution >= 0.6 is 33.2 Å². The molecule has 0 aromatic carbocycles. The minimum Gasteiger partial charge on any atom is -0.288 e. The van der Waals surface area contributed by atoms with Gasteiger partial charge in [0, 0.05) is 0 Å². The Morgan fingerprint density at radius 2 is 1.40 bits per heavy atom. The summed E-state index contributed by atoms with van der Waals surface area (Å²) in [6.07, 6.45) is 1.14. The fourth-order valence-electron chi connectivity index (χ4n) is 1.15. The van der Waals surface area contributed by atoms with Crippen molar-refractivity contribution in [2.24, 2.45) is 0 Å². The fourth-order valence-corrected chi connectivity index (χ4v) is 3.49. The lowest BCUT2D eigenvalue weighted by Crippen LogP contribution is -2.43. The highest BCUT2D eigenvalue weighted by atomic mass is 35.8. The molecule has 10 heavy (non-hydrogen) atoms. The van der Waals surface area contributed by atoms with Crippen molar-refractivity contribution in [3.63, 3.8) is 0 Å². The maximum Gasteiger partial charge on any atom is 0.424 e. The van der Waals surface area contributed by atoms with Gasteiger partial charge in [-0.15, -0.1) is 33.2 Å². The average Bonchev–Trinajstić information content (AvgIpc) is 1.88. The van der Waals surface area contributed by atoms with E-state index < -0.39 is 6.16 Å². The largest absolute Gasteiger partial charge is 0.424 e. The predicted molar refractivity (Wildman–Crippen MR) is 48.7 cm³/mol. The standard InChI is InChI=1S/C5H10Cl3NSi/c6-10(7,8)9-4-2-1-3-5-9/h1-5H2. The average molecular weight is 219 g/mol. The SMILES string of the molecule is Cl[Si](Cl)(Cl)N1CCCCC1. The number of hydrogen-bond acceptors (Lipinski definition) is 1. The summed E-state index contributed by atoms with van der Waals surface area (Å²) in [6.45, 7) is 1.95. The molecular formula is C5H10Cl3NSi. The minimum absolute atomic E-state index is 0.975. The third kappa shape index (κ3) is 2.59. The number of piperidine rings is 1. The Kier molecular flexibility index (Phi) is 3.32. The zero-order chi connectivity index (χ0) is 7.61. The van der Waals surface area contributed by atoms with E-state index >= 15 is 0 Å². The summed E-state index contributed by atoms with van der Waals surface area (Å²) in [5.41, 5.74) is 0. The summed E-state index contributed by atoms with van der Waals surface area (Å²) >= 11 is 17.4. The number of halogens is 3. The van der Waals surface area contributed by atoms with Crippen LogP contribution in [0.2, 0.25) is 0 Å². The summed E-state index contributed by atoms with van der Waals surface area (Å²) in [7, 11) is 0. The molecule has 0 N–H and O–H groups in total. The molecule has 0 bridgehead atoms. The predicted octanol–water partition coefficient (Wildman–Crippen LogP) is 2.62. The summed E-state index contributed by atoms with van der Waals surface area (Å²) in [4.78, 5) is 0. The highest BCUT2D eigenvalue weighted by Gasteiger charge is 2.34. The Hall–Kier alpha value is 1.05. The quantitative estimate of drug-likeness (QED) is 0.483. The Morgan fingerprint density at radius 1 is 0.900 bits per heavy atom. The maximum absolute atomic E-state index is 5.81. The van der Waals surface area contributed by atoms with Crippen molar-refractivity contribution in [2.45, 2.75) is 19.3 Å². The van der Waals surface area contributed by atoms with Crippen LogP contribution < -0.4 is 0 Å². The monoisotopic (exact) mass is 217 g/mol. The van der Waals surface area contributed by atoms with E-state index in [-0.39, 0.29) is 0 Å². The molecule has 0 aliphatic carbocycles. The minimum atomic E-state index is -2.51. The molecule has 0 spiro atoms. The van der Waals surface area contributed by atoms with Crippen LogP contribution in [0.15, 0.2) is 0 Å². The van der Waals surface area contributed by atoms with Crippen molar-refractivity contribution >= 4 is 39.4 Å². The van der Waals surface area contributed by atoms with Crippen LogP contribution in [0.1, 0.15) is 19.3 Å². The first-order valence-electron chi connectivity index (χ1n) is 3.42. The van der Waals surface area contributed by atoms with Crippen LogP contribution in [0.5, 0.6) is 0 Å². The van der Waals surface area contributed by atoms with Crippen molar-refractivity contribution in [3.8, 4) is 0 Å². The second-order valence-electron chi connectivity index (χ2n) is 2.52. The fraction of sp³-hybridized carbons (Fsp3) is 1.00. The van der Waals surface area contributed by atoms with E-state index in [1.807, 2.05) is 4.57 Å². The van der Waals surface area contributed by atoms with Gasteiger partial charge in [0.2, 0.25) is 0 Å². The van der Waals surface area contributed by atoms with Gasteiger partial charge in [0.15, 0.2) is 0 Å².